The number of piperidine rings is 1. The molecule has 1 heterocycles. The normalized spacial score (nSPS) is 33.5. The van der Waals surface area contributed by atoms with E-state index in [0.717, 1.165) is 5.92 Å². The van der Waals surface area contributed by atoms with E-state index < -0.39 is 0 Å². The Labute approximate surface area is 97.6 Å². The molecule has 0 saturated carbocycles. The molecule has 1 aliphatic carbocycles. The van der Waals surface area contributed by atoms with Gasteiger partial charge in [-0.15, -0.1) is 0 Å². The minimum atomic E-state index is 0.253. The smallest absolute Gasteiger partial charge is 0.0491 e. The molecular weight excluding hydrogens is 196 g/mol. The predicted octanol–water partition coefficient (Wildman–Crippen LogP) is 1.61. The molecule has 1 N–H and O–H groups in total. The highest BCUT2D eigenvalue weighted by atomic mass is 15.1. The first kappa shape index (κ1) is 10.3. The van der Waals surface area contributed by atoms with Crippen LogP contribution in [0.5, 0.6) is 0 Å². The highest BCUT2D eigenvalue weighted by molar-refractivity contribution is 5.41. The maximum absolute atomic E-state index is 3.63. The summed E-state index contributed by atoms with van der Waals surface area (Å²) in [5.74, 6) is 0.744. The van der Waals surface area contributed by atoms with Crippen molar-refractivity contribution < 1.29 is 0 Å². The summed E-state index contributed by atoms with van der Waals surface area (Å²) in [6, 6.07) is 8.96. The van der Waals surface area contributed by atoms with Crippen LogP contribution in [-0.4, -0.2) is 32.1 Å². The van der Waals surface area contributed by atoms with Gasteiger partial charge >= 0.3 is 0 Å². The molecule has 1 fully saturated rings. The van der Waals surface area contributed by atoms with Gasteiger partial charge in [-0.3, -0.25) is 0 Å². The van der Waals surface area contributed by atoms with E-state index in [1.807, 2.05) is 0 Å². The van der Waals surface area contributed by atoms with Gasteiger partial charge in [-0.2, -0.15) is 0 Å². The fourth-order valence-electron chi connectivity index (χ4n) is 3.65. The molecule has 3 rings (SSSR count). The lowest BCUT2D eigenvalue weighted by Gasteiger charge is -2.43. The zero-order chi connectivity index (χ0) is 11.2. The number of benzene rings is 1. The lowest BCUT2D eigenvalue weighted by atomic mass is 9.78. The first-order valence-corrected chi connectivity index (χ1v) is 6.22. The molecule has 0 radical (unpaired) electrons. The summed E-state index contributed by atoms with van der Waals surface area (Å²) in [7, 11) is 4.36. The third kappa shape index (κ3) is 1.26. The number of likely N-dealkylation sites (tertiary alicyclic amines) is 1. The van der Waals surface area contributed by atoms with Gasteiger partial charge in [0.05, 0.1) is 0 Å². The summed E-state index contributed by atoms with van der Waals surface area (Å²) in [5, 5.41) is 3.63. The van der Waals surface area contributed by atoms with Crippen LogP contribution in [0.15, 0.2) is 24.3 Å². The third-order valence-electron chi connectivity index (χ3n) is 4.53. The first-order valence-electron chi connectivity index (χ1n) is 6.22. The summed E-state index contributed by atoms with van der Waals surface area (Å²) in [4.78, 5) is 2.46. The van der Waals surface area contributed by atoms with Crippen molar-refractivity contribution in [3.8, 4) is 0 Å². The Hall–Kier alpha value is -0.860. The van der Waals surface area contributed by atoms with Gasteiger partial charge in [0.25, 0.3) is 0 Å². The molecule has 2 aliphatic rings. The minimum absolute atomic E-state index is 0.253. The standard InChI is InChI=1S/C14H20N2/c1-15-14-7-8-16(2)10-12(14)9-11-5-3-4-6-13(11)14/h3-6,12,15H,7-10H2,1-2H3/t12-,14-/m1/s1. The minimum Gasteiger partial charge on any atom is -0.310 e. The summed E-state index contributed by atoms with van der Waals surface area (Å²) >= 11 is 0. The van der Waals surface area contributed by atoms with Crippen molar-refractivity contribution in [3.63, 3.8) is 0 Å². The molecule has 2 nitrogen and oxygen atoms in total. The molecule has 1 aromatic rings. The predicted molar refractivity (Wildman–Crippen MR) is 66.5 cm³/mol. The Morgan fingerprint density at radius 2 is 2.19 bits per heavy atom. The summed E-state index contributed by atoms with van der Waals surface area (Å²) in [6.45, 7) is 2.42. The number of nitrogens with zero attached hydrogens (tertiary/aromatic N) is 1. The molecule has 2 heteroatoms. The van der Waals surface area contributed by atoms with E-state index in [4.69, 9.17) is 0 Å². The zero-order valence-corrected chi connectivity index (χ0v) is 10.2. The fraction of sp³-hybridized carbons (Fsp3) is 0.571. The molecular formula is C14H20N2. The molecule has 1 aromatic carbocycles. The van der Waals surface area contributed by atoms with Crippen LogP contribution < -0.4 is 5.32 Å². The zero-order valence-electron chi connectivity index (χ0n) is 10.2. The molecule has 0 spiro atoms. The number of rotatable bonds is 1. The second-order valence-electron chi connectivity index (χ2n) is 5.29. The van der Waals surface area contributed by atoms with Crippen LogP contribution in [0.1, 0.15) is 17.5 Å². The van der Waals surface area contributed by atoms with Gasteiger partial charge in [-0.05, 0) is 50.5 Å². The third-order valence-corrected chi connectivity index (χ3v) is 4.53. The Morgan fingerprint density at radius 3 is 3.00 bits per heavy atom. The number of fused-ring (bicyclic) bond motifs is 3. The Bertz CT molecular complexity index is 401. The van der Waals surface area contributed by atoms with Gasteiger partial charge in [-0.1, -0.05) is 24.3 Å². The van der Waals surface area contributed by atoms with Crippen molar-refractivity contribution >= 4 is 0 Å². The molecule has 1 aliphatic heterocycles. The van der Waals surface area contributed by atoms with Crippen molar-refractivity contribution in [3.05, 3.63) is 35.4 Å². The average molecular weight is 216 g/mol. The SMILES string of the molecule is CN[C@]12CCN(C)C[C@H]1Cc1ccccc12. The van der Waals surface area contributed by atoms with Gasteiger partial charge in [0.1, 0.15) is 0 Å². The second kappa shape index (κ2) is 3.57. The highest BCUT2D eigenvalue weighted by Crippen LogP contribution is 2.45. The number of nitrogens with one attached hydrogen (secondary N) is 1. The van der Waals surface area contributed by atoms with E-state index in [1.165, 1.54) is 25.9 Å². The topological polar surface area (TPSA) is 15.3 Å². The first-order chi connectivity index (χ1) is 7.76. The van der Waals surface area contributed by atoms with E-state index in [9.17, 15) is 0 Å². The number of hydrogen-bond donors (Lipinski definition) is 1. The van der Waals surface area contributed by atoms with Crippen LogP contribution in [0.3, 0.4) is 0 Å². The molecule has 0 amide bonds. The van der Waals surface area contributed by atoms with Crippen molar-refractivity contribution in [2.45, 2.75) is 18.4 Å². The lowest BCUT2D eigenvalue weighted by molar-refractivity contribution is 0.103. The van der Waals surface area contributed by atoms with Crippen molar-refractivity contribution in [2.24, 2.45) is 5.92 Å². The van der Waals surface area contributed by atoms with Gasteiger partial charge < -0.3 is 10.2 Å². The summed E-state index contributed by atoms with van der Waals surface area (Å²) in [6.07, 6.45) is 2.48. The van der Waals surface area contributed by atoms with E-state index in [1.54, 1.807) is 11.1 Å². The van der Waals surface area contributed by atoms with Gasteiger partial charge in [-0.25, -0.2) is 0 Å². The molecule has 0 unspecified atom stereocenters. The van der Waals surface area contributed by atoms with Crippen LogP contribution >= 0.6 is 0 Å². The van der Waals surface area contributed by atoms with Crippen molar-refractivity contribution in [1.82, 2.24) is 10.2 Å². The van der Waals surface area contributed by atoms with Crippen LogP contribution in [0.2, 0.25) is 0 Å². The quantitative estimate of drug-likeness (QED) is 0.767. The van der Waals surface area contributed by atoms with Gasteiger partial charge in [0.15, 0.2) is 0 Å². The molecule has 0 bridgehead atoms. The highest BCUT2D eigenvalue weighted by Gasteiger charge is 2.47. The van der Waals surface area contributed by atoms with E-state index in [-0.39, 0.29) is 5.54 Å². The van der Waals surface area contributed by atoms with Crippen LogP contribution in [0, 0.1) is 5.92 Å². The molecule has 86 valence electrons. The van der Waals surface area contributed by atoms with E-state index in [2.05, 4.69) is 48.6 Å². The van der Waals surface area contributed by atoms with Crippen molar-refractivity contribution in [2.75, 3.05) is 27.2 Å². The van der Waals surface area contributed by atoms with E-state index >= 15 is 0 Å². The summed E-state index contributed by atoms with van der Waals surface area (Å²) in [5.41, 5.74) is 3.36. The maximum atomic E-state index is 3.63. The summed E-state index contributed by atoms with van der Waals surface area (Å²) < 4.78 is 0. The van der Waals surface area contributed by atoms with Crippen LogP contribution in [0.4, 0.5) is 0 Å². The Balaban J connectivity index is 2.06. The van der Waals surface area contributed by atoms with E-state index in [0.29, 0.717) is 0 Å². The van der Waals surface area contributed by atoms with Crippen LogP contribution in [0.25, 0.3) is 0 Å². The second-order valence-corrected chi connectivity index (χ2v) is 5.29. The maximum Gasteiger partial charge on any atom is 0.0491 e. The Morgan fingerprint density at radius 1 is 1.38 bits per heavy atom. The fourth-order valence-corrected chi connectivity index (χ4v) is 3.65. The number of hydrogen-bond acceptors (Lipinski definition) is 2. The lowest BCUT2D eigenvalue weighted by Crippen LogP contribution is -2.53. The Kier molecular flexibility index (Phi) is 2.30. The van der Waals surface area contributed by atoms with Gasteiger partial charge in [0, 0.05) is 12.1 Å². The monoisotopic (exact) mass is 216 g/mol. The van der Waals surface area contributed by atoms with Gasteiger partial charge in [0.2, 0.25) is 0 Å². The molecule has 2 atom stereocenters. The van der Waals surface area contributed by atoms with Crippen molar-refractivity contribution in [1.29, 1.82) is 0 Å². The molecule has 0 aromatic heterocycles. The van der Waals surface area contributed by atoms with Crippen LogP contribution in [-0.2, 0) is 12.0 Å². The largest absolute Gasteiger partial charge is 0.310 e. The average Bonchev–Trinajstić information content (AvgIpc) is 2.63. The molecule has 1 saturated heterocycles. The molecule has 16 heavy (non-hydrogen) atoms.